The molecule has 0 aliphatic carbocycles. The van der Waals surface area contributed by atoms with Gasteiger partial charge in [0.1, 0.15) is 0 Å². The van der Waals surface area contributed by atoms with Gasteiger partial charge in [-0.05, 0) is 32.9 Å². The first kappa shape index (κ1) is 11.9. The maximum Gasteiger partial charge on any atom is 0.230 e. The van der Waals surface area contributed by atoms with Crippen LogP contribution in [0.15, 0.2) is 4.42 Å². The van der Waals surface area contributed by atoms with Crippen LogP contribution >= 0.6 is 11.8 Å². The van der Waals surface area contributed by atoms with Crippen LogP contribution in [-0.4, -0.2) is 27.2 Å². The molecule has 0 amide bonds. The summed E-state index contributed by atoms with van der Waals surface area (Å²) in [6.45, 7) is 7.02. The molecule has 1 unspecified atom stereocenters. The Morgan fingerprint density at radius 3 is 2.88 bits per heavy atom. The van der Waals surface area contributed by atoms with Crippen LogP contribution in [0.3, 0.4) is 0 Å². The summed E-state index contributed by atoms with van der Waals surface area (Å²) in [4.78, 5) is 0. The zero-order valence-electron chi connectivity index (χ0n) is 10.1. The smallest absolute Gasteiger partial charge is 0.230 e. The third-order valence-electron chi connectivity index (χ3n) is 2.53. The molecule has 0 saturated carbocycles. The molecule has 2 rings (SSSR count). The van der Waals surface area contributed by atoms with Crippen LogP contribution < -0.4 is 5.32 Å². The number of nitrogens with one attached hydrogen (secondary N) is 1. The molecule has 90 valence electrons. The van der Waals surface area contributed by atoms with E-state index in [-0.39, 0.29) is 5.54 Å². The highest BCUT2D eigenvalue weighted by molar-refractivity contribution is 7.99. The van der Waals surface area contributed by atoms with Gasteiger partial charge in [0, 0.05) is 17.2 Å². The molecule has 1 aliphatic heterocycles. The molecule has 0 aromatic carbocycles. The molecule has 1 aliphatic rings. The third-order valence-corrected chi connectivity index (χ3v) is 3.69. The van der Waals surface area contributed by atoms with Crippen molar-refractivity contribution in [2.75, 3.05) is 11.5 Å². The zero-order valence-corrected chi connectivity index (χ0v) is 10.9. The van der Waals surface area contributed by atoms with E-state index in [1.807, 2.05) is 11.8 Å². The fourth-order valence-electron chi connectivity index (χ4n) is 1.57. The van der Waals surface area contributed by atoms with Crippen molar-refractivity contribution in [3.05, 3.63) is 11.8 Å². The normalized spacial score (nSPS) is 21.6. The van der Waals surface area contributed by atoms with E-state index in [0.717, 1.165) is 11.6 Å². The Bertz CT molecular complexity index is 339. The second-order valence-corrected chi connectivity index (χ2v) is 6.35. The van der Waals surface area contributed by atoms with Crippen molar-refractivity contribution in [2.45, 2.75) is 45.2 Å². The van der Waals surface area contributed by atoms with E-state index in [9.17, 15) is 0 Å². The average molecular weight is 241 g/mol. The molecular weight excluding hydrogens is 222 g/mol. The van der Waals surface area contributed by atoms with Crippen molar-refractivity contribution >= 4 is 11.8 Å². The lowest BCUT2D eigenvalue weighted by molar-refractivity contribution is 0.364. The molecule has 1 aromatic heterocycles. The van der Waals surface area contributed by atoms with E-state index in [1.165, 1.54) is 12.2 Å². The Balaban J connectivity index is 1.91. The maximum absolute atomic E-state index is 5.66. The van der Waals surface area contributed by atoms with Crippen molar-refractivity contribution < 1.29 is 4.42 Å². The zero-order chi connectivity index (χ0) is 11.6. The number of nitrogens with zero attached hydrogens (tertiary/aromatic N) is 2. The predicted octanol–water partition coefficient (Wildman–Crippen LogP) is 2.18. The molecule has 1 saturated heterocycles. The van der Waals surface area contributed by atoms with Crippen molar-refractivity contribution in [3.8, 4) is 0 Å². The molecular formula is C11H19N3OS. The highest BCUT2D eigenvalue weighted by Crippen LogP contribution is 2.31. The Kier molecular flexibility index (Phi) is 3.54. The van der Waals surface area contributed by atoms with Gasteiger partial charge in [-0.1, -0.05) is 0 Å². The van der Waals surface area contributed by atoms with Crippen LogP contribution in [0.5, 0.6) is 0 Å². The summed E-state index contributed by atoms with van der Waals surface area (Å²) in [5.74, 6) is 4.31. The van der Waals surface area contributed by atoms with Crippen molar-refractivity contribution in [3.63, 3.8) is 0 Å². The summed E-state index contributed by atoms with van der Waals surface area (Å²) in [5.41, 5.74) is 0.0812. The van der Waals surface area contributed by atoms with Crippen LogP contribution in [0.4, 0.5) is 0 Å². The van der Waals surface area contributed by atoms with Crippen LogP contribution in [0, 0.1) is 0 Å². The maximum atomic E-state index is 5.66. The highest BCUT2D eigenvalue weighted by Gasteiger charge is 2.23. The molecule has 5 heteroatoms. The summed E-state index contributed by atoms with van der Waals surface area (Å²) in [7, 11) is 0. The van der Waals surface area contributed by atoms with E-state index in [2.05, 4.69) is 36.3 Å². The van der Waals surface area contributed by atoms with Crippen molar-refractivity contribution in [1.29, 1.82) is 0 Å². The van der Waals surface area contributed by atoms with Crippen LogP contribution in [0.25, 0.3) is 0 Å². The van der Waals surface area contributed by atoms with E-state index >= 15 is 0 Å². The highest BCUT2D eigenvalue weighted by atomic mass is 32.2. The van der Waals surface area contributed by atoms with Gasteiger partial charge in [0.2, 0.25) is 11.8 Å². The Morgan fingerprint density at radius 1 is 1.44 bits per heavy atom. The van der Waals surface area contributed by atoms with Crippen LogP contribution in [0.1, 0.15) is 44.9 Å². The van der Waals surface area contributed by atoms with E-state index < -0.39 is 0 Å². The number of hydrogen-bond donors (Lipinski definition) is 1. The fraction of sp³-hybridized carbons (Fsp3) is 0.818. The largest absolute Gasteiger partial charge is 0.424 e. The first-order valence-corrected chi connectivity index (χ1v) is 6.85. The fourth-order valence-corrected chi connectivity index (χ4v) is 2.78. The minimum Gasteiger partial charge on any atom is -0.424 e. The van der Waals surface area contributed by atoms with Gasteiger partial charge in [0.15, 0.2) is 0 Å². The molecule has 16 heavy (non-hydrogen) atoms. The second kappa shape index (κ2) is 4.75. The average Bonchev–Trinajstić information content (AvgIpc) is 2.84. The lowest BCUT2D eigenvalue weighted by Crippen LogP contribution is -2.35. The quantitative estimate of drug-likeness (QED) is 0.879. The van der Waals surface area contributed by atoms with E-state index in [0.29, 0.717) is 18.4 Å². The van der Waals surface area contributed by atoms with Gasteiger partial charge in [-0.3, -0.25) is 0 Å². The summed E-state index contributed by atoms with van der Waals surface area (Å²) in [5, 5.41) is 11.5. The van der Waals surface area contributed by atoms with Gasteiger partial charge in [-0.25, -0.2) is 0 Å². The Morgan fingerprint density at radius 2 is 2.25 bits per heavy atom. The molecule has 0 bridgehead atoms. The monoisotopic (exact) mass is 241 g/mol. The van der Waals surface area contributed by atoms with Gasteiger partial charge < -0.3 is 9.73 Å². The number of hydrogen-bond acceptors (Lipinski definition) is 5. The van der Waals surface area contributed by atoms with E-state index in [4.69, 9.17) is 4.42 Å². The molecule has 4 nitrogen and oxygen atoms in total. The molecule has 0 radical (unpaired) electrons. The summed E-state index contributed by atoms with van der Waals surface area (Å²) in [6.07, 6.45) is 1.17. The second-order valence-electron chi connectivity index (χ2n) is 5.20. The van der Waals surface area contributed by atoms with Gasteiger partial charge in [0.05, 0.1) is 6.54 Å². The minimum absolute atomic E-state index is 0.0812. The predicted molar refractivity (Wildman–Crippen MR) is 65.6 cm³/mol. The molecule has 1 atom stereocenters. The SMILES string of the molecule is CC(C)(C)NCc1nnc(C2CCSC2)o1. The number of thioether (sulfide) groups is 1. The Hall–Kier alpha value is -0.550. The minimum atomic E-state index is 0.0812. The third kappa shape index (κ3) is 3.22. The molecule has 2 heterocycles. The summed E-state index contributed by atoms with van der Waals surface area (Å²) >= 11 is 1.96. The topological polar surface area (TPSA) is 51.0 Å². The first-order valence-electron chi connectivity index (χ1n) is 5.70. The van der Waals surface area contributed by atoms with Crippen molar-refractivity contribution in [2.24, 2.45) is 0 Å². The molecule has 0 spiro atoms. The van der Waals surface area contributed by atoms with Gasteiger partial charge in [0.25, 0.3) is 0 Å². The Labute approximate surface area is 101 Å². The van der Waals surface area contributed by atoms with E-state index in [1.54, 1.807) is 0 Å². The number of rotatable bonds is 3. The lowest BCUT2D eigenvalue weighted by atomic mass is 10.1. The summed E-state index contributed by atoms with van der Waals surface area (Å²) in [6, 6.07) is 0. The molecule has 1 aromatic rings. The standard InChI is InChI=1S/C11H19N3OS/c1-11(2,3)12-6-9-13-14-10(15-9)8-4-5-16-7-8/h8,12H,4-7H2,1-3H3. The first-order chi connectivity index (χ1) is 7.54. The van der Waals surface area contributed by atoms with Gasteiger partial charge >= 0.3 is 0 Å². The van der Waals surface area contributed by atoms with Gasteiger partial charge in [-0.15, -0.1) is 10.2 Å². The van der Waals surface area contributed by atoms with Crippen LogP contribution in [0.2, 0.25) is 0 Å². The van der Waals surface area contributed by atoms with Gasteiger partial charge in [-0.2, -0.15) is 11.8 Å². The summed E-state index contributed by atoms with van der Waals surface area (Å²) < 4.78 is 5.66. The molecule has 1 fully saturated rings. The lowest BCUT2D eigenvalue weighted by Gasteiger charge is -2.18. The van der Waals surface area contributed by atoms with Crippen LogP contribution in [-0.2, 0) is 6.54 Å². The van der Waals surface area contributed by atoms with Crippen molar-refractivity contribution in [1.82, 2.24) is 15.5 Å². The number of aromatic nitrogens is 2. The molecule has 1 N–H and O–H groups in total.